The van der Waals surface area contributed by atoms with Gasteiger partial charge in [0.05, 0.1) is 12.6 Å². The highest BCUT2D eigenvalue weighted by molar-refractivity contribution is 9.10. The van der Waals surface area contributed by atoms with Gasteiger partial charge >= 0.3 is 0 Å². The molecule has 0 bridgehead atoms. The molecule has 1 N–H and O–H groups in total. The van der Waals surface area contributed by atoms with Gasteiger partial charge in [-0.2, -0.15) is 0 Å². The maximum Gasteiger partial charge on any atom is 0.243 e. The Hall–Kier alpha value is -1.33. The molecule has 1 unspecified atom stereocenters. The van der Waals surface area contributed by atoms with Crippen LogP contribution in [0.25, 0.3) is 0 Å². The second-order valence-electron chi connectivity index (χ2n) is 4.83. The lowest BCUT2D eigenvalue weighted by Gasteiger charge is -2.26. The van der Waals surface area contributed by atoms with Crippen LogP contribution in [0.3, 0.4) is 0 Å². The summed E-state index contributed by atoms with van der Waals surface area (Å²) in [6.45, 7) is 4.02. The van der Waals surface area contributed by atoms with Crippen LogP contribution in [0.5, 0.6) is 0 Å². The number of nitrogens with one attached hydrogen (secondary N) is 1. The predicted octanol–water partition coefficient (Wildman–Crippen LogP) is 3.07. The third kappa shape index (κ3) is 3.86. The minimum absolute atomic E-state index is 0.0209. The van der Waals surface area contributed by atoms with E-state index in [1.54, 1.807) is 4.90 Å². The van der Waals surface area contributed by atoms with Gasteiger partial charge in [0.2, 0.25) is 11.8 Å². The normalized spacial score (nSPS) is 17.6. The van der Waals surface area contributed by atoms with E-state index in [1.807, 2.05) is 18.2 Å². The van der Waals surface area contributed by atoms with E-state index in [1.165, 1.54) is 0 Å². The first-order chi connectivity index (χ1) is 10.0. The molecule has 1 fully saturated rings. The van der Waals surface area contributed by atoms with Crippen LogP contribution in [0.4, 0.5) is 0 Å². The molecule has 1 aliphatic rings. The van der Waals surface area contributed by atoms with Crippen molar-refractivity contribution >= 4 is 39.3 Å². The molecular weight excluding hydrogens is 356 g/mol. The maximum atomic E-state index is 12.3. The Labute approximate surface area is 137 Å². The van der Waals surface area contributed by atoms with Crippen molar-refractivity contribution < 1.29 is 9.59 Å². The first kappa shape index (κ1) is 16.0. The Morgan fingerprint density at radius 1 is 1.52 bits per heavy atom. The molecule has 1 aromatic rings. The van der Waals surface area contributed by atoms with Crippen LogP contribution in [0.1, 0.15) is 24.4 Å². The van der Waals surface area contributed by atoms with Gasteiger partial charge in [0.15, 0.2) is 0 Å². The first-order valence-electron chi connectivity index (χ1n) is 6.67. The summed E-state index contributed by atoms with van der Waals surface area (Å²) in [6.07, 6.45) is 2.95. The van der Waals surface area contributed by atoms with E-state index < -0.39 is 0 Å². The zero-order valence-electron chi connectivity index (χ0n) is 11.4. The lowest BCUT2D eigenvalue weighted by Crippen LogP contribution is -2.39. The van der Waals surface area contributed by atoms with Gasteiger partial charge in [0, 0.05) is 16.0 Å². The van der Waals surface area contributed by atoms with Gasteiger partial charge in [-0.1, -0.05) is 34.1 Å². The van der Waals surface area contributed by atoms with E-state index in [-0.39, 0.29) is 24.4 Å². The van der Waals surface area contributed by atoms with Crippen LogP contribution < -0.4 is 5.32 Å². The van der Waals surface area contributed by atoms with Gasteiger partial charge in [0.25, 0.3) is 0 Å². The Kier molecular flexibility index (Phi) is 5.42. The maximum absolute atomic E-state index is 12.3. The molecule has 0 aliphatic carbocycles. The van der Waals surface area contributed by atoms with Crippen LogP contribution in [-0.2, 0) is 9.59 Å². The summed E-state index contributed by atoms with van der Waals surface area (Å²) in [4.78, 5) is 25.2. The lowest BCUT2D eigenvalue weighted by molar-refractivity contribution is -0.132. The van der Waals surface area contributed by atoms with Crippen LogP contribution >= 0.6 is 27.5 Å². The fourth-order valence-corrected chi connectivity index (χ4v) is 3.12. The summed E-state index contributed by atoms with van der Waals surface area (Å²) in [5, 5.41) is 3.17. The van der Waals surface area contributed by atoms with Crippen molar-refractivity contribution in [1.82, 2.24) is 10.2 Å². The number of hydrogen-bond donors (Lipinski definition) is 1. The Morgan fingerprint density at radius 2 is 2.29 bits per heavy atom. The van der Waals surface area contributed by atoms with E-state index in [9.17, 15) is 9.59 Å². The monoisotopic (exact) mass is 370 g/mol. The first-order valence-corrected chi connectivity index (χ1v) is 7.84. The van der Waals surface area contributed by atoms with Gasteiger partial charge < -0.3 is 10.2 Å². The minimum Gasteiger partial charge on any atom is -0.343 e. The molecule has 0 aromatic heterocycles. The molecule has 1 atom stereocenters. The molecule has 4 nitrogen and oxygen atoms in total. The largest absolute Gasteiger partial charge is 0.343 e. The van der Waals surface area contributed by atoms with Crippen LogP contribution in [-0.4, -0.2) is 29.8 Å². The number of carbonyl (C=O) groups excluding carboxylic acids is 2. The van der Waals surface area contributed by atoms with E-state index in [2.05, 4.69) is 27.8 Å². The number of likely N-dealkylation sites (tertiary alicyclic amines) is 1. The Morgan fingerprint density at radius 3 is 3.00 bits per heavy atom. The van der Waals surface area contributed by atoms with Crippen molar-refractivity contribution in [2.75, 3.05) is 13.1 Å². The minimum atomic E-state index is -0.348. The smallest absolute Gasteiger partial charge is 0.243 e. The molecule has 21 heavy (non-hydrogen) atoms. The summed E-state index contributed by atoms with van der Waals surface area (Å²) < 4.78 is 0.932. The van der Waals surface area contributed by atoms with Gasteiger partial charge in [-0.05, 0) is 42.7 Å². The second kappa shape index (κ2) is 7.09. The van der Waals surface area contributed by atoms with E-state index >= 15 is 0 Å². The predicted molar refractivity (Wildman–Crippen MR) is 86.0 cm³/mol. The third-order valence-electron chi connectivity index (χ3n) is 3.49. The highest BCUT2D eigenvalue weighted by atomic mass is 79.9. The number of carbonyl (C=O) groups is 2. The molecule has 0 radical (unpaired) electrons. The highest BCUT2D eigenvalue weighted by Crippen LogP contribution is 2.37. The highest BCUT2D eigenvalue weighted by Gasteiger charge is 2.31. The van der Waals surface area contributed by atoms with Gasteiger partial charge in [-0.3, -0.25) is 9.59 Å². The number of amides is 2. The van der Waals surface area contributed by atoms with Crippen molar-refractivity contribution in [3.8, 4) is 0 Å². The zero-order chi connectivity index (χ0) is 15.4. The average molecular weight is 372 g/mol. The van der Waals surface area contributed by atoms with Crippen molar-refractivity contribution in [2.45, 2.75) is 18.9 Å². The molecule has 0 spiro atoms. The van der Waals surface area contributed by atoms with Gasteiger partial charge in [-0.25, -0.2) is 0 Å². The molecular formula is C15H16BrClN2O2. The topological polar surface area (TPSA) is 49.4 Å². The summed E-state index contributed by atoms with van der Waals surface area (Å²) in [6, 6.07) is 5.60. The van der Waals surface area contributed by atoms with Crippen LogP contribution in [0, 0.1) is 0 Å². The molecule has 1 heterocycles. The van der Waals surface area contributed by atoms with Gasteiger partial charge in [0.1, 0.15) is 0 Å². The third-order valence-corrected chi connectivity index (χ3v) is 4.33. The molecule has 1 saturated heterocycles. The zero-order valence-corrected chi connectivity index (χ0v) is 13.8. The molecule has 1 aromatic carbocycles. The number of nitrogens with zero attached hydrogens (tertiary/aromatic N) is 1. The number of rotatable bonds is 4. The van der Waals surface area contributed by atoms with E-state index in [4.69, 9.17) is 11.6 Å². The lowest BCUT2D eigenvalue weighted by atomic mass is 10.0. The molecule has 1 aliphatic heterocycles. The van der Waals surface area contributed by atoms with E-state index in [0.717, 1.165) is 29.0 Å². The van der Waals surface area contributed by atoms with Crippen molar-refractivity contribution in [3.05, 3.63) is 45.9 Å². The Bertz CT molecular complexity index is 577. The number of hydrogen-bond acceptors (Lipinski definition) is 2. The standard InChI is InChI=1S/C15H16BrClN2O2/c1-2-14(20)18-9-15(21)19-7-3-4-13(19)11-8-10(16)5-6-12(11)17/h2,5-6,8,13H,1,3-4,7,9H2,(H,18,20). The van der Waals surface area contributed by atoms with Crippen LogP contribution in [0.2, 0.25) is 5.02 Å². The van der Waals surface area contributed by atoms with Gasteiger partial charge in [-0.15, -0.1) is 0 Å². The molecule has 2 amide bonds. The number of benzene rings is 1. The second-order valence-corrected chi connectivity index (χ2v) is 6.16. The average Bonchev–Trinajstić information content (AvgIpc) is 2.96. The SMILES string of the molecule is C=CC(=O)NCC(=O)N1CCCC1c1cc(Br)ccc1Cl. The van der Waals surface area contributed by atoms with Crippen molar-refractivity contribution in [3.63, 3.8) is 0 Å². The summed E-state index contributed by atoms with van der Waals surface area (Å²) in [5.74, 6) is -0.455. The molecule has 112 valence electrons. The molecule has 0 saturated carbocycles. The van der Waals surface area contributed by atoms with Crippen LogP contribution in [0.15, 0.2) is 35.3 Å². The quantitative estimate of drug-likeness (QED) is 0.827. The van der Waals surface area contributed by atoms with E-state index in [0.29, 0.717) is 11.6 Å². The Balaban J connectivity index is 2.12. The van der Waals surface area contributed by atoms with Crippen molar-refractivity contribution in [2.24, 2.45) is 0 Å². The number of halogens is 2. The molecule has 2 rings (SSSR count). The molecule has 6 heteroatoms. The summed E-state index contributed by atoms with van der Waals surface area (Å²) >= 11 is 9.68. The van der Waals surface area contributed by atoms with Crippen molar-refractivity contribution in [1.29, 1.82) is 0 Å². The summed E-state index contributed by atoms with van der Waals surface area (Å²) in [7, 11) is 0. The summed E-state index contributed by atoms with van der Waals surface area (Å²) in [5.41, 5.74) is 0.937. The fourth-order valence-electron chi connectivity index (χ4n) is 2.49. The fraction of sp³-hybridized carbons (Fsp3) is 0.333.